The molecule has 0 aliphatic rings. The lowest BCUT2D eigenvalue weighted by molar-refractivity contribution is -0.112. The van der Waals surface area contributed by atoms with Crippen molar-refractivity contribution in [3.05, 3.63) is 69.8 Å². The van der Waals surface area contributed by atoms with Gasteiger partial charge in [0.2, 0.25) is 0 Å². The van der Waals surface area contributed by atoms with E-state index in [1.165, 1.54) is 30.5 Å². The molecule has 0 saturated carbocycles. The summed E-state index contributed by atoms with van der Waals surface area (Å²) in [5.41, 5.74) is 0.388. The van der Waals surface area contributed by atoms with Gasteiger partial charge in [0.15, 0.2) is 0 Å². The Morgan fingerprint density at radius 3 is 2.36 bits per heavy atom. The van der Waals surface area contributed by atoms with Crippen LogP contribution in [-0.4, -0.2) is 17.0 Å². The van der Waals surface area contributed by atoms with E-state index in [0.29, 0.717) is 15.7 Å². The maximum atomic E-state index is 12.2. The average Bonchev–Trinajstić information content (AvgIpc) is 2.57. The van der Waals surface area contributed by atoms with Gasteiger partial charge in [-0.2, -0.15) is 5.26 Å². The van der Waals surface area contributed by atoms with Gasteiger partial charge in [0.1, 0.15) is 11.6 Å². The van der Waals surface area contributed by atoms with Crippen LogP contribution in [0.3, 0.4) is 0 Å². The number of rotatable bonds is 5. The van der Waals surface area contributed by atoms with E-state index in [-0.39, 0.29) is 16.8 Å². The Balaban J connectivity index is 2.17. The zero-order valence-electron chi connectivity index (χ0n) is 12.6. The first-order chi connectivity index (χ1) is 11.9. The maximum absolute atomic E-state index is 12.2. The molecule has 2 aromatic carbocycles. The Bertz CT molecular complexity index is 884. The van der Waals surface area contributed by atoms with Crippen molar-refractivity contribution in [2.75, 3.05) is 10.6 Å². The van der Waals surface area contributed by atoms with Crippen molar-refractivity contribution >= 4 is 46.5 Å². The molecule has 0 aromatic heterocycles. The van der Waals surface area contributed by atoms with Crippen LogP contribution < -0.4 is 10.6 Å². The molecule has 126 valence electrons. The highest BCUT2D eigenvalue weighted by Crippen LogP contribution is 2.29. The van der Waals surface area contributed by atoms with Gasteiger partial charge >= 0.3 is 5.97 Å². The highest BCUT2D eigenvalue weighted by Gasteiger charge is 2.12. The third kappa shape index (κ3) is 4.73. The summed E-state index contributed by atoms with van der Waals surface area (Å²) in [6.07, 6.45) is 1.17. The summed E-state index contributed by atoms with van der Waals surface area (Å²) >= 11 is 12.0. The van der Waals surface area contributed by atoms with Crippen molar-refractivity contribution in [2.45, 2.75) is 0 Å². The van der Waals surface area contributed by atoms with Crippen LogP contribution in [0.5, 0.6) is 0 Å². The smallest absolute Gasteiger partial charge is 0.335 e. The van der Waals surface area contributed by atoms with Crippen LogP contribution in [0.4, 0.5) is 11.4 Å². The molecule has 1 amide bonds. The quantitative estimate of drug-likeness (QED) is 0.538. The van der Waals surface area contributed by atoms with Gasteiger partial charge in [0.25, 0.3) is 5.91 Å². The maximum Gasteiger partial charge on any atom is 0.335 e. The van der Waals surface area contributed by atoms with Crippen molar-refractivity contribution in [1.82, 2.24) is 0 Å². The first-order valence-corrected chi connectivity index (χ1v) is 7.63. The zero-order valence-corrected chi connectivity index (χ0v) is 14.1. The molecule has 0 aliphatic carbocycles. The van der Waals surface area contributed by atoms with E-state index in [2.05, 4.69) is 10.6 Å². The molecule has 6 nitrogen and oxygen atoms in total. The Kier molecular flexibility index (Phi) is 6.01. The van der Waals surface area contributed by atoms with Crippen LogP contribution in [0.15, 0.2) is 54.2 Å². The number of carbonyl (C=O) groups excluding carboxylic acids is 1. The standard InChI is InChI=1S/C17H11Cl2N3O3/c18-13-5-2-6-14(19)15(13)21-9-11(8-20)16(23)22-12-4-1-3-10(7-12)17(24)25/h1-7,9,21H,(H,22,23)(H,24,25)/b11-9-. The summed E-state index contributed by atoms with van der Waals surface area (Å²) in [6.45, 7) is 0. The number of anilines is 2. The molecule has 2 rings (SSSR count). The molecular weight excluding hydrogens is 365 g/mol. The number of nitrogens with one attached hydrogen (secondary N) is 2. The largest absolute Gasteiger partial charge is 0.478 e. The summed E-state index contributed by atoms with van der Waals surface area (Å²) in [5, 5.41) is 23.9. The minimum Gasteiger partial charge on any atom is -0.478 e. The zero-order chi connectivity index (χ0) is 18.4. The number of aromatic carboxylic acids is 1. The minimum atomic E-state index is -1.12. The number of amides is 1. The van der Waals surface area contributed by atoms with E-state index < -0.39 is 11.9 Å². The molecule has 8 heteroatoms. The van der Waals surface area contributed by atoms with E-state index >= 15 is 0 Å². The summed E-state index contributed by atoms with van der Waals surface area (Å²) < 4.78 is 0. The summed E-state index contributed by atoms with van der Waals surface area (Å²) in [5.74, 6) is -1.83. The number of benzene rings is 2. The van der Waals surface area contributed by atoms with Crippen molar-refractivity contribution in [3.8, 4) is 6.07 Å². The highest BCUT2D eigenvalue weighted by molar-refractivity contribution is 6.39. The first kappa shape index (κ1) is 18.3. The van der Waals surface area contributed by atoms with E-state index in [9.17, 15) is 9.59 Å². The highest BCUT2D eigenvalue weighted by atomic mass is 35.5. The van der Waals surface area contributed by atoms with Gasteiger partial charge < -0.3 is 15.7 Å². The van der Waals surface area contributed by atoms with E-state index in [1.54, 1.807) is 24.3 Å². The fourth-order valence-electron chi connectivity index (χ4n) is 1.86. The molecule has 0 radical (unpaired) electrons. The predicted octanol–water partition coefficient (Wildman–Crippen LogP) is 4.15. The van der Waals surface area contributed by atoms with Crippen LogP contribution in [0.2, 0.25) is 10.0 Å². The summed E-state index contributed by atoms with van der Waals surface area (Å²) in [7, 11) is 0. The van der Waals surface area contributed by atoms with Gasteiger partial charge in [-0.05, 0) is 30.3 Å². The monoisotopic (exact) mass is 375 g/mol. The summed E-state index contributed by atoms with van der Waals surface area (Å²) in [4.78, 5) is 23.1. The first-order valence-electron chi connectivity index (χ1n) is 6.88. The molecule has 0 unspecified atom stereocenters. The number of hydrogen-bond acceptors (Lipinski definition) is 4. The minimum absolute atomic E-state index is 0.0151. The van der Waals surface area contributed by atoms with Crippen LogP contribution in [-0.2, 0) is 4.79 Å². The van der Waals surface area contributed by atoms with Gasteiger partial charge in [0.05, 0.1) is 21.3 Å². The molecule has 0 spiro atoms. The molecule has 0 bridgehead atoms. The topological polar surface area (TPSA) is 102 Å². The summed E-state index contributed by atoms with van der Waals surface area (Å²) in [6, 6.07) is 12.3. The number of nitrogens with zero attached hydrogens (tertiary/aromatic N) is 1. The SMILES string of the molecule is N#C/C(=C/Nc1c(Cl)cccc1Cl)C(=O)Nc1cccc(C(=O)O)c1. The molecular formula is C17H11Cl2N3O3. The van der Waals surface area contributed by atoms with E-state index in [4.69, 9.17) is 33.6 Å². The molecule has 2 aromatic rings. The van der Waals surface area contributed by atoms with Gasteiger partial charge in [0, 0.05) is 11.9 Å². The fourth-order valence-corrected chi connectivity index (χ4v) is 2.36. The number of halogens is 2. The Morgan fingerprint density at radius 2 is 1.76 bits per heavy atom. The lowest BCUT2D eigenvalue weighted by Gasteiger charge is -2.08. The van der Waals surface area contributed by atoms with Crippen LogP contribution >= 0.6 is 23.2 Å². The molecule has 0 heterocycles. The van der Waals surface area contributed by atoms with Crippen LogP contribution in [0.1, 0.15) is 10.4 Å². The lowest BCUT2D eigenvalue weighted by Crippen LogP contribution is -2.15. The van der Waals surface area contributed by atoms with Crippen LogP contribution in [0.25, 0.3) is 0 Å². The van der Waals surface area contributed by atoms with Gasteiger partial charge in [-0.1, -0.05) is 35.3 Å². The van der Waals surface area contributed by atoms with E-state index in [0.717, 1.165) is 0 Å². The van der Waals surface area contributed by atoms with Gasteiger partial charge in [-0.15, -0.1) is 0 Å². The second-order valence-electron chi connectivity index (χ2n) is 4.75. The number of carbonyl (C=O) groups is 2. The number of para-hydroxylation sites is 1. The number of hydrogen-bond donors (Lipinski definition) is 3. The number of nitriles is 1. The second kappa shape index (κ2) is 8.20. The predicted molar refractivity (Wildman–Crippen MR) is 95.8 cm³/mol. The van der Waals surface area contributed by atoms with Crippen molar-refractivity contribution in [1.29, 1.82) is 5.26 Å². The van der Waals surface area contributed by atoms with E-state index in [1.807, 2.05) is 0 Å². The Hall–Kier alpha value is -3.01. The van der Waals surface area contributed by atoms with Gasteiger partial charge in [-0.25, -0.2) is 4.79 Å². The Morgan fingerprint density at radius 1 is 1.12 bits per heavy atom. The molecule has 0 aliphatic heterocycles. The average molecular weight is 376 g/mol. The fraction of sp³-hybridized carbons (Fsp3) is 0. The van der Waals surface area contributed by atoms with Gasteiger partial charge in [-0.3, -0.25) is 4.79 Å². The molecule has 0 atom stereocenters. The molecule has 0 fully saturated rings. The number of carboxylic acids is 1. The molecule has 25 heavy (non-hydrogen) atoms. The van der Waals surface area contributed by atoms with Crippen LogP contribution in [0, 0.1) is 11.3 Å². The molecule has 0 saturated heterocycles. The van der Waals surface area contributed by atoms with Crippen molar-refractivity contribution in [3.63, 3.8) is 0 Å². The lowest BCUT2D eigenvalue weighted by atomic mass is 10.2. The third-order valence-corrected chi connectivity index (χ3v) is 3.69. The van der Waals surface area contributed by atoms with Crippen molar-refractivity contribution in [2.24, 2.45) is 0 Å². The number of carboxylic acid groups (broad SMARTS) is 1. The third-order valence-electron chi connectivity index (χ3n) is 3.06. The van der Waals surface area contributed by atoms with Crippen molar-refractivity contribution < 1.29 is 14.7 Å². The normalized spacial score (nSPS) is 10.7. The second-order valence-corrected chi connectivity index (χ2v) is 5.57. The Labute approximate surface area is 153 Å². The molecule has 3 N–H and O–H groups in total.